The van der Waals surface area contributed by atoms with Crippen LogP contribution in [0.15, 0.2) is 42.5 Å². The standard InChI is InChI=1S/C28H38FN3O4/c1-2-36-28(34)32-25-16-15-23(27(29)24(25)20-30)26(33)21-31-17-9-3-4-10-18-35-19-11-8-14-22-12-6-5-7-13-22/h5-7,12-13,15-16,26,31,33H,2-4,8-11,14,17-19,21H2,1H3,(H,32,34). The second-order valence-electron chi connectivity index (χ2n) is 8.54. The van der Waals surface area contributed by atoms with E-state index in [9.17, 15) is 19.6 Å². The highest BCUT2D eigenvalue weighted by Crippen LogP contribution is 2.26. The van der Waals surface area contributed by atoms with Gasteiger partial charge in [0.1, 0.15) is 17.4 Å². The van der Waals surface area contributed by atoms with E-state index in [2.05, 4.69) is 34.9 Å². The minimum Gasteiger partial charge on any atom is -0.450 e. The Bertz CT molecular complexity index is 950. The molecule has 0 aliphatic rings. The lowest BCUT2D eigenvalue weighted by molar-refractivity contribution is 0.126. The second kappa shape index (κ2) is 17.4. The molecule has 2 aromatic rings. The van der Waals surface area contributed by atoms with E-state index in [-0.39, 0.29) is 30.0 Å². The van der Waals surface area contributed by atoms with Gasteiger partial charge in [-0.3, -0.25) is 5.32 Å². The fraction of sp³-hybridized carbons (Fsp3) is 0.500. The van der Waals surface area contributed by atoms with Crippen LogP contribution in [0.25, 0.3) is 0 Å². The van der Waals surface area contributed by atoms with Crippen molar-refractivity contribution in [2.75, 3.05) is 38.2 Å². The first-order chi connectivity index (χ1) is 17.6. The summed E-state index contributed by atoms with van der Waals surface area (Å²) in [7, 11) is 0. The minimum atomic E-state index is -1.11. The van der Waals surface area contributed by atoms with Crippen molar-refractivity contribution in [2.24, 2.45) is 0 Å². The highest BCUT2D eigenvalue weighted by molar-refractivity contribution is 5.86. The number of unbranched alkanes of at least 4 members (excludes halogenated alkanes) is 4. The maximum absolute atomic E-state index is 14.7. The topological polar surface area (TPSA) is 104 Å². The number of carbonyl (C=O) groups is 1. The number of ether oxygens (including phenoxy) is 2. The molecule has 0 spiro atoms. The number of hydrogen-bond donors (Lipinski definition) is 3. The molecule has 0 heterocycles. The molecule has 0 aliphatic carbocycles. The number of anilines is 1. The molecule has 1 unspecified atom stereocenters. The Morgan fingerprint density at radius 3 is 2.50 bits per heavy atom. The Balaban J connectivity index is 1.53. The van der Waals surface area contributed by atoms with Crippen LogP contribution in [0.2, 0.25) is 0 Å². The molecule has 0 saturated heterocycles. The molecular formula is C28H38FN3O4. The first-order valence-electron chi connectivity index (χ1n) is 12.7. The molecule has 3 N–H and O–H groups in total. The van der Waals surface area contributed by atoms with Gasteiger partial charge in [-0.1, -0.05) is 49.2 Å². The van der Waals surface area contributed by atoms with Crippen molar-refractivity contribution >= 4 is 11.8 Å². The fourth-order valence-corrected chi connectivity index (χ4v) is 3.78. The number of nitrogens with zero attached hydrogens (tertiary/aromatic N) is 1. The maximum Gasteiger partial charge on any atom is 0.411 e. The molecule has 0 aromatic heterocycles. The van der Waals surface area contributed by atoms with Crippen LogP contribution in [0.4, 0.5) is 14.9 Å². The van der Waals surface area contributed by atoms with Crippen molar-refractivity contribution in [1.29, 1.82) is 5.26 Å². The molecule has 0 radical (unpaired) electrons. The molecule has 0 bridgehead atoms. The van der Waals surface area contributed by atoms with Crippen molar-refractivity contribution in [3.05, 3.63) is 65.0 Å². The summed E-state index contributed by atoms with van der Waals surface area (Å²) < 4.78 is 25.2. The van der Waals surface area contributed by atoms with E-state index in [1.165, 1.54) is 17.7 Å². The van der Waals surface area contributed by atoms with Gasteiger partial charge in [-0.05, 0) is 57.2 Å². The van der Waals surface area contributed by atoms with Gasteiger partial charge >= 0.3 is 6.09 Å². The molecule has 196 valence electrons. The molecule has 2 aromatic carbocycles. The summed E-state index contributed by atoms with van der Waals surface area (Å²) in [6.45, 7) is 4.24. The SMILES string of the molecule is CCOC(=O)Nc1ccc(C(O)CNCCCCCCOCCCCc2ccccc2)c(F)c1C#N. The first-order valence-corrected chi connectivity index (χ1v) is 12.7. The molecular weight excluding hydrogens is 461 g/mol. The average molecular weight is 500 g/mol. The number of nitrogens with one attached hydrogen (secondary N) is 2. The number of nitriles is 1. The third-order valence-electron chi connectivity index (χ3n) is 5.73. The summed E-state index contributed by atoms with van der Waals surface area (Å²) in [4.78, 5) is 11.6. The maximum atomic E-state index is 14.7. The fourth-order valence-electron chi connectivity index (χ4n) is 3.78. The number of hydrogen-bond acceptors (Lipinski definition) is 6. The van der Waals surface area contributed by atoms with Crippen LogP contribution < -0.4 is 10.6 Å². The summed E-state index contributed by atoms with van der Waals surface area (Å²) in [6.07, 6.45) is 5.51. The van der Waals surface area contributed by atoms with Crippen LogP contribution in [-0.4, -0.2) is 44.1 Å². The van der Waals surface area contributed by atoms with Gasteiger partial charge in [0.25, 0.3) is 0 Å². The third kappa shape index (κ3) is 10.7. The van der Waals surface area contributed by atoms with E-state index in [0.29, 0.717) is 6.54 Å². The quantitative estimate of drug-likeness (QED) is 0.249. The molecule has 8 heteroatoms. The van der Waals surface area contributed by atoms with Crippen LogP contribution in [0.1, 0.15) is 68.2 Å². The Kier molecular flexibility index (Phi) is 14.2. The Labute approximate surface area is 213 Å². The Morgan fingerprint density at radius 1 is 1.06 bits per heavy atom. The lowest BCUT2D eigenvalue weighted by atomic mass is 10.0. The van der Waals surface area contributed by atoms with Gasteiger partial charge < -0.3 is 19.9 Å². The van der Waals surface area contributed by atoms with E-state index in [0.717, 1.165) is 58.2 Å². The number of halogens is 1. The van der Waals surface area contributed by atoms with Crippen LogP contribution in [0.3, 0.4) is 0 Å². The summed E-state index contributed by atoms with van der Waals surface area (Å²) in [6, 6.07) is 15.0. The molecule has 0 saturated carbocycles. The zero-order valence-corrected chi connectivity index (χ0v) is 21.1. The summed E-state index contributed by atoms with van der Waals surface area (Å²) >= 11 is 0. The number of aliphatic hydroxyl groups excluding tert-OH is 1. The zero-order valence-electron chi connectivity index (χ0n) is 21.1. The van der Waals surface area contributed by atoms with Gasteiger partial charge in [-0.15, -0.1) is 0 Å². The zero-order chi connectivity index (χ0) is 26.0. The lowest BCUT2D eigenvalue weighted by Gasteiger charge is -2.15. The van der Waals surface area contributed by atoms with Crippen LogP contribution in [-0.2, 0) is 15.9 Å². The van der Waals surface area contributed by atoms with Gasteiger partial charge in [-0.25, -0.2) is 9.18 Å². The van der Waals surface area contributed by atoms with Crippen LogP contribution >= 0.6 is 0 Å². The summed E-state index contributed by atoms with van der Waals surface area (Å²) in [5.41, 5.74) is 1.05. The summed E-state index contributed by atoms with van der Waals surface area (Å²) in [5.74, 6) is -0.846. The number of aryl methyl sites for hydroxylation is 1. The monoisotopic (exact) mass is 499 g/mol. The van der Waals surface area contributed by atoms with Gasteiger partial charge in [0.2, 0.25) is 0 Å². The smallest absolute Gasteiger partial charge is 0.411 e. The van der Waals surface area contributed by atoms with E-state index in [1.54, 1.807) is 13.0 Å². The van der Waals surface area contributed by atoms with Crippen molar-refractivity contribution in [1.82, 2.24) is 5.32 Å². The number of amides is 1. The molecule has 1 atom stereocenters. The van der Waals surface area contributed by atoms with Crippen molar-refractivity contribution in [2.45, 2.75) is 58.0 Å². The number of rotatable bonds is 17. The van der Waals surface area contributed by atoms with Crippen molar-refractivity contribution in [3.63, 3.8) is 0 Å². The Hall–Kier alpha value is -2.99. The minimum absolute atomic E-state index is 0.00789. The average Bonchev–Trinajstić information content (AvgIpc) is 2.87. The van der Waals surface area contributed by atoms with E-state index < -0.39 is 18.0 Å². The highest BCUT2D eigenvalue weighted by Gasteiger charge is 2.20. The van der Waals surface area contributed by atoms with Crippen LogP contribution in [0, 0.1) is 17.1 Å². The number of benzene rings is 2. The number of aliphatic hydroxyl groups is 1. The van der Waals surface area contributed by atoms with Gasteiger partial charge in [0.15, 0.2) is 0 Å². The third-order valence-corrected chi connectivity index (χ3v) is 5.73. The summed E-state index contributed by atoms with van der Waals surface area (Å²) in [5, 5.41) is 25.1. The highest BCUT2D eigenvalue weighted by atomic mass is 19.1. The first kappa shape index (κ1) is 29.2. The van der Waals surface area contributed by atoms with Gasteiger partial charge in [0.05, 0.1) is 18.4 Å². The van der Waals surface area contributed by atoms with Crippen LogP contribution in [0.5, 0.6) is 0 Å². The molecule has 1 amide bonds. The van der Waals surface area contributed by atoms with E-state index >= 15 is 0 Å². The second-order valence-corrected chi connectivity index (χ2v) is 8.54. The van der Waals surface area contributed by atoms with Crippen molar-refractivity contribution in [3.8, 4) is 6.07 Å². The number of carbonyl (C=O) groups excluding carboxylic acids is 1. The van der Waals surface area contributed by atoms with Crippen molar-refractivity contribution < 1.29 is 23.8 Å². The molecule has 2 rings (SSSR count). The Morgan fingerprint density at radius 2 is 1.78 bits per heavy atom. The molecule has 7 nitrogen and oxygen atoms in total. The predicted octanol–water partition coefficient (Wildman–Crippen LogP) is 5.49. The predicted molar refractivity (Wildman–Crippen MR) is 138 cm³/mol. The molecule has 0 aliphatic heterocycles. The van der Waals surface area contributed by atoms with Gasteiger partial charge in [-0.2, -0.15) is 5.26 Å². The van der Waals surface area contributed by atoms with Gasteiger partial charge in [0, 0.05) is 25.3 Å². The van der Waals surface area contributed by atoms with E-state index in [1.807, 2.05) is 6.07 Å². The normalized spacial score (nSPS) is 11.6. The molecule has 36 heavy (non-hydrogen) atoms. The largest absolute Gasteiger partial charge is 0.450 e. The van der Waals surface area contributed by atoms with E-state index in [4.69, 9.17) is 9.47 Å². The lowest BCUT2D eigenvalue weighted by Crippen LogP contribution is -2.23. The molecule has 0 fully saturated rings.